The molecule has 60 nitrogen and oxygen atoms in total. The number of nitrogens with one attached hydrogen (secondary N) is 7. The highest BCUT2D eigenvalue weighted by Crippen LogP contribution is 2.35. The molecule has 0 aromatic carbocycles. The maximum absolute atomic E-state index is 13.3. The summed E-state index contributed by atoms with van der Waals surface area (Å²) in [4.78, 5) is 117. The average Bonchev–Trinajstić information content (AvgIpc) is 0.782. The van der Waals surface area contributed by atoms with Crippen molar-refractivity contribution in [2.75, 3.05) is 145 Å². The smallest absolute Gasteiger partial charge is 0.234 e. The number of carbonyl (C=O) groups excluding carboxylic acids is 9. The van der Waals surface area contributed by atoms with Gasteiger partial charge in [-0.05, 0) is 52.9 Å². The largest absolute Gasteiger partial charge is 0.394 e. The van der Waals surface area contributed by atoms with Crippen LogP contribution in [0.5, 0.6) is 0 Å². The van der Waals surface area contributed by atoms with Crippen LogP contribution in [-0.4, -0.2) is 586 Å². The lowest BCUT2D eigenvalue weighted by atomic mass is 9.96. The SMILES string of the molecule is CCC(=O)CNNC(=O)CCCCCCC(=O)CN(CC(=O)CCCO[C@@H]1O[C@@H](C)[C@@H](O)[C@@H](O)[C@@H]1O)CC(=O)NCCO[C@H]1O[C@H](CO[C@H]2O[C@H](CO)[C@@H](O)[C@H](O)[C@@H]2O)[C@@H](O)[C@H](O[C@H]2O[C@H](CO)[C@@H](O)[C@H](O)[C@@H]2O)[C@@H]1O.CCNC(=O)CCCCCNC(=O)CN(CC(=O)NCCO[C@@H]1O[C@@H](C)[C@@H](O)[C@@H](O)[C@@H]1O)CC(=O)NCCO[C@H]1O[C@H](CO[C@H]2O[C@H](CO)[C@@H](O)[C@H](O)[C@@H]2O)[C@@H](O)[C@H](O[C@H]2O[C@H](CO)[C@@H](O)[C@H](O)[C@@H]2O)[C@@H]1O. The second-order valence-electron chi connectivity index (χ2n) is 36.9. The number of aliphatic hydroxyl groups is 26. The number of rotatable bonds is 61. The fourth-order valence-electron chi connectivity index (χ4n) is 16.5. The number of hydrogen-bond acceptors (Lipinski definition) is 54. The summed E-state index contributed by atoms with van der Waals surface area (Å²) in [5, 5.41) is 281. The first-order valence-corrected chi connectivity index (χ1v) is 49.3. The van der Waals surface area contributed by atoms with Crippen LogP contribution in [-0.2, 0) is 119 Å². The van der Waals surface area contributed by atoms with Gasteiger partial charge in [0, 0.05) is 64.8 Å². The minimum Gasteiger partial charge on any atom is -0.394 e. The van der Waals surface area contributed by atoms with Crippen LogP contribution in [0.4, 0.5) is 0 Å². The predicted octanol–water partition coefficient (Wildman–Crippen LogP) is -18.8. The molecular formula is C88H155N9O51. The number of carbonyl (C=O) groups is 9. The molecule has 40 atom stereocenters. The monoisotopic (exact) mass is 2150 g/mol. The number of amides is 6. The molecule has 8 rings (SSSR count). The maximum atomic E-state index is 13.3. The van der Waals surface area contributed by atoms with Crippen molar-refractivity contribution in [3.05, 3.63) is 0 Å². The Morgan fingerprint density at radius 3 is 0.926 bits per heavy atom. The first-order chi connectivity index (χ1) is 70.3. The summed E-state index contributed by atoms with van der Waals surface area (Å²) < 4.78 is 88.7. The second-order valence-corrected chi connectivity index (χ2v) is 36.9. The Bertz CT molecular complexity index is 3890. The lowest BCUT2D eigenvalue weighted by Gasteiger charge is -2.46. The summed E-state index contributed by atoms with van der Waals surface area (Å²) in [7, 11) is 0. The van der Waals surface area contributed by atoms with Gasteiger partial charge in [-0.1, -0.05) is 26.2 Å². The van der Waals surface area contributed by atoms with E-state index in [0.717, 1.165) is 0 Å². The molecule has 0 aromatic rings. The molecule has 0 unspecified atom stereocenters. The molecule has 0 spiro atoms. The number of hydrogen-bond donors (Lipinski definition) is 33. The third-order valence-corrected chi connectivity index (χ3v) is 25.3. The van der Waals surface area contributed by atoms with Crippen molar-refractivity contribution >= 4 is 52.8 Å². The lowest BCUT2D eigenvalue weighted by molar-refractivity contribution is -0.366. The van der Waals surface area contributed by atoms with Gasteiger partial charge in [-0.15, -0.1) is 0 Å². The zero-order valence-electron chi connectivity index (χ0n) is 82.6. The summed E-state index contributed by atoms with van der Waals surface area (Å²) in [5.41, 5.74) is 5.03. The van der Waals surface area contributed by atoms with E-state index in [1.807, 2.05) is 6.92 Å². The van der Waals surface area contributed by atoms with E-state index < -0.39 is 348 Å². The van der Waals surface area contributed by atoms with Crippen molar-refractivity contribution in [1.82, 2.24) is 47.2 Å². The molecule has 8 aliphatic rings. The highest BCUT2D eigenvalue weighted by Gasteiger charge is 2.56. The van der Waals surface area contributed by atoms with Crippen molar-refractivity contribution in [2.45, 2.75) is 357 Å². The van der Waals surface area contributed by atoms with Gasteiger partial charge in [-0.2, -0.15) is 0 Å². The van der Waals surface area contributed by atoms with Crippen molar-refractivity contribution < 1.29 is 252 Å². The fraction of sp³-hybridized carbons (Fsp3) is 0.898. The number of Topliss-reactive ketones (excluding diaryl/α,β-unsaturated/α-hetero) is 3. The van der Waals surface area contributed by atoms with Crippen LogP contribution in [0, 0.1) is 0 Å². The number of hydrazine groups is 1. The van der Waals surface area contributed by atoms with Crippen molar-refractivity contribution in [2.24, 2.45) is 0 Å². The molecule has 0 bridgehead atoms. The second kappa shape index (κ2) is 65.8. The first-order valence-electron chi connectivity index (χ1n) is 49.3. The molecule has 33 N–H and O–H groups in total. The third kappa shape index (κ3) is 39.7. The molecule has 8 heterocycles. The Morgan fingerprint density at radius 2 is 0.561 bits per heavy atom. The normalized spacial score (nSPS) is 36.6. The molecule has 6 amide bonds. The number of ether oxygens (including phenoxy) is 16. The standard InChI is InChI=1S/C46H80N4O26.C42H75N5O25/c1-3-23(53)15-48-49-29(56)11-7-5-4-6-9-24(54)16-50(17-25(55)10-8-13-69-43-38(65)35(62)31(58)22(2)72-43)18-30(57)47-12-14-70-45-41(68)42(76-46-40(67)37(64)33(60)27(20-52)74-46)34(61)28(75-45)21-71-44-39(66)36(63)32(59)26(19-51)73-44;1-3-43-23(50)7-5-4-6-8-44-24(51)13-47(14-25(52)45-9-11-65-39-34(61)31(58)27(54)19(2)68-39)15-26(53)46-10-12-66-41-37(64)38(72-42-36(63)33(60)29(56)21(17-49)70-42)30(57)22(71-41)18-67-40-35(62)32(59)28(55)20(16-48)69-40/h22,26-28,31-46,48,51-52,58-68H,3-21H2,1-2H3,(H,47,57)(H,49,56);19-22,27-42,48-49,54-64H,3-18H2,1-2H3,(H,43,50)(H,44,51)(H,45,52)(H,46,53)/t22-,26+,27+,28+,31+,32+,33+,34+,35+,36-,37-,38-,39-,40-,41-,42-,43+,44-,45-,46+;19-,20+,21+,22+,27+,28+,29+,30+,31+,32-,33-,34-,35-,36-,37-,38-,39+,40-,41-,42+/m00/s1. The number of ketones is 3. The molecule has 60 heteroatoms. The molecular weight excluding hydrogens is 2000 g/mol. The molecule has 8 fully saturated rings. The molecule has 858 valence electrons. The average molecular weight is 2160 g/mol. The van der Waals surface area contributed by atoms with Crippen molar-refractivity contribution in [3.63, 3.8) is 0 Å². The van der Waals surface area contributed by atoms with Crippen LogP contribution in [0.1, 0.15) is 111 Å². The third-order valence-electron chi connectivity index (χ3n) is 25.3. The van der Waals surface area contributed by atoms with Gasteiger partial charge in [0.05, 0.1) is 124 Å². The Morgan fingerprint density at radius 1 is 0.264 bits per heavy atom. The fourth-order valence-corrected chi connectivity index (χ4v) is 16.5. The Labute approximate surface area is 850 Å². The minimum atomic E-state index is -1.98. The van der Waals surface area contributed by atoms with E-state index in [1.54, 1.807) is 6.92 Å². The summed E-state index contributed by atoms with van der Waals surface area (Å²) in [6, 6.07) is 0. The van der Waals surface area contributed by atoms with E-state index in [9.17, 15) is 176 Å². The van der Waals surface area contributed by atoms with E-state index in [1.165, 1.54) is 23.6 Å². The van der Waals surface area contributed by atoms with E-state index in [4.69, 9.17) is 75.8 Å². The highest BCUT2D eigenvalue weighted by atomic mass is 16.8. The van der Waals surface area contributed by atoms with Crippen molar-refractivity contribution in [1.29, 1.82) is 0 Å². The van der Waals surface area contributed by atoms with Crippen LogP contribution in [0.2, 0.25) is 0 Å². The van der Waals surface area contributed by atoms with Crippen LogP contribution in [0.25, 0.3) is 0 Å². The van der Waals surface area contributed by atoms with Crippen LogP contribution >= 0.6 is 0 Å². The Hall–Kier alpha value is -5.97. The first kappa shape index (κ1) is 129. The molecule has 0 aromatic heterocycles. The number of nitrogens with zero attached hydrogens (tertiary/aromatic N) is 2. The molecule has 148 heavy (non-hydrogen) atoms. The Kier molecular flexibility index (Phi) is 57.3. The van der Waals surface area contributed by atoms with Gasteiger partial charge in [-0.25, -0.2) is 5.43 Å². The van der Waals surface area contributed by atoms with Crippen LogP contribution in [0.15, 0.2) is 0 Å². The molecule has 0 radical (unpaired) electrons. The predicted molar refractivity (Wildman–Crippen MR) is 487 cm³/mol. The van der Waals surface area contributed by atoms with E-state index >= 15 is 0 Å². The van der Waals surface area contributed by atoms with E-state index in [0.29, 0.717) is 64.3 Å². The molecule has 8 saturated heterocycles. The van der Waals surface area contributed by atoms with Gasteiger partial charge < -0.3 is 235 Å². The highest BCUT2D eigenvalue weighted by molar-refractivity contribution is 5.86. The van der Waals surface area contributed by atoms with Gasteiger partial charge >= 0.3 is 0 Å². The lowest BCUT2D eigenvalue weighted by Crippen LogP contribution is -2.65. The van der Waals surface area contributed by atoms with E-state index in [-0.39, 0.29) is 114 Å². The van der Waals surface area contributed by atoms with Crippen LogP contribution in [0.3, 0.4) is 0 Å². The molecule has 0 saturated carbocycles. The zero-order chi connectivity index (χ0) is 109. The van der Waals surface area contributed by atoms with Gasteiger partial charge in [0.1, 0.15) is 200 Å². The van der Waals surface area contributed by atoms with Gasteiger partial charge in [0.2, 0.25) is 35.4 Å². The summed E-state index contributed by atoms with van der Waals surface area (Å²) in [6.07, 6.45) is -61.0. The maximum Gasteiger partial charge on any atom is 0.234 e. The summed E-state index contributed by atoms with van der Waals surface area (Å²) >= 11 is 0. The molecule has 0 aliphatic carbocycles. The number of unbranched alkanes of at least 4 members (excludes halogenated alkanes) is 5. The van der Waals surface area contributed by atoms with Gasteiger partial charge in [0.15, 0.2) is 50.3 Å². The number of aliphatic hydroxyl groups excluding tert-OH is 26. The minimum absolute atomic E-state index is 0.0155. The summed E-state index contributed by atoms with van der Waals surface area (Å²) in [5.74, 6) is -3.65. The summed E-state index contributed by atoms with van der Waals surface area (Å²) in [6.45, 7) is -1.77. The van der Waals surface area contributed by atoms with Gasteiger partial charge in [0.25, 0.3) is 0 Å². The van der Waals surface area contributed by atoms with Crippen LogP contribution < -0.4 is 37.4 Å². The molecule has 8 aliphatic heterocycles. The quantitative estimate of drug-likeness (QED) is 0.0199. The van der Waals surface area contributed by atoms with Crippen molar-refractivity contribution in [3.8, 4) is 0 Å². The Balaban J connectivity index is 0.000000401. The zero-order valence-corrected chi connectivity index (χ0v) is 82.6. The van der Waals surface area contributed by atoms with E-state index in [2.05, 4.69) is 37.4 Å². The van der Waals surface area contributed by atoms with Gasteiger partial charge in [-0.3, -0.25) is 58.4 Å². The topological polar surface area (TPSA) is 918 Å².